The van der Waals surface area contributed by atoms with Crippen molar-refractivity contribution in [1.29, 1.82) is 0 Å². The number of methoxy groups -OCH3 is 1. The van der Waals surface area contributed by atoms with E-state index < -0.39 is 15.9 Å². The molecular weight excluding hydrogens is 556 g/mol. The maximum absolute atomic E-state index is 13.8. The van der Waals surface area contributed by atoms with Gasteiger partial charge in [-0.25, -0.2) is 13.4 Å². The highest BCUT2D eigenvalue weighted by molar-refractivity contribution is 7.89. The topological polar surface area (TPSA) is 92.2 Å². The summed E-state index contributed by atoms with van der Waals surface area (Å²) in [5.41, 5.74) is 2.95. The Morgan fingerprint density at radius 1 is 0.976 bits per heavy atom. The molecule has 10 heteroatoms. The summed E-state index contributed by atoms with van der Waals surface area (Å²) in [6.45, 7) is 7.04. The number of sulfonamides is 1. The van der Waals surface area contributed by atoms with Crippen molar-refractivity contribution in [2.24, 2.45) is 5.10 Å². The Labute approximate surface area is 246 Å². The number of unbranched alkanes of at least 4 members (excludes halogenated alkanes) is 2. The standard InChI is InChI=1S/C31H36N4O4S2/c1-5-7-19-34(20-8-6-2)41(37,38)27-16-12-25(13-17-27)30(36)35(32-22-24-10-14-26(39-4)15-11-24)31-33-28-18-9-23(3)21-29(28)40-31/h9-18,21-22H,5-8,19-20H2,1-4H3/b32-22+. The molecule has 1 aromatic heterocycles. The number of anilines is 1. The molecule has 41 heavy (non-hydrogen) atoms. The van der Waals surface area contributed by atoms with E-state index in [1.807, 2.05) is 63.2 Å². The number of carbonyl (C=O) groups excluding carboxylic acids is 1. The van der Waals surface area contributed by atoms with Gasteiger partial charge in [0.2, 0.25) is 15.2 Å². The van der Waals surface area contributed by atoms with Gasteiger partial charge in [-0.15, -0.1) is 0 Å². The van der Waals surface area contributed by atoms with Crippen LogP contribution in [0, 0.1) is 6.92 Å². The predicted octanol–water partition coefficient (Wildman–Crippen LogP) is 6.89. The number of benzene rings is 3. The van der Waals surface area contributed by atoms with Crippen LogP contribution >= 0.6 is 11.3 Å². The first-order chi connectivity index (χ1) is 19.8. The molecule has 0 saturated carbocycles. The average molecular weight is 593 g/mol. The zero-order valence-electron chi connectivity index (χ0n) is 23.9. The van der Waals surface area contributed by atoms with E-state index in [4.69, 9.17) is 4.74 Å². The lowest BCUT2D eigenvalue weighted by atomic mass is 10.2. The third kappa shape index (κ3) is 7.38. The Bertz CT molecular complexity index is 1590. The van der Waals surface area contributed by atoms with Crippen molar-refractivity contribution in [2.75, 3.05) is 25.2 Å². The van der Waals surface area contributed by atoms with Crippen molar-refractivity contribution in [1.82, 2.24) is 9.29 Å². The maximum Gasteiger partial charge on any atom is 0.280 e. The number of hydrogen-bond acceptors (Lipinski definition) is 7. The highest BCUT2D eigenvalue weighted by atomic mass is 32.2. The molecule has 4 rings (SSSR count). The molecule has 0 aliphatic heterocycles. The minimum Gasteiger partial charge on any atom is -0.497 e. The molecule has 8 nitrogen and oxygen atoms in total. The number of carbonyl (C=O) groups is 1. The van der Waals surface area contributed by atoms with Crippen LogP contribution in [-0.4, -0.2) is 50.0 Å². The summed E-state index contributed by atoms with van der Waals surface area (Å²) in [6, 6.07) is 19.3. The van der Waals surface area contributed by atoms with Crippen molar-refractivity contribution in [2.45, 2.75) is 51.3 Å². The van der Waals surface area contributed by atoms with E-state index in [1.165, 1.54) is 28.5 Å². The van der Waals surface area contributed by atoms with Gasteiger partial charge in [0, 0.05) is 18.7 Å². The highest BCUT2D eigenvalue weighted by Gasteiger charge is 2.25. The van der Waals surface area contributed by atoms with Crippen molar-refractivity contribution in [3.63, 3.8) is 0 Å². The number of hydrogen-bond donors (Lipinski definition) is 0. The lowest BCUT2D eigenvalue weighted by molar-refractivity contribution is 0.0987. The molecule has 4 aromatic rings. The van der Waals surface area contributed by atoms with Crippen molar-refractivity contribution in [3.8, 4) is 5.75 Å². The summed E-state index contributed by atoms with van der Waals surface area (Å²) < 4.78 is 34.5. The van der Waals surface area contributed by atoms with E-state index in [9.17, 15) is 13.2 Å². The average Bonchev–Trinajstić information content (AvgIpc) is 3.40. The molecule has 3 aromatic carbocycles. The molecule has 216 valence electrons. The third-order valence-electron chi connectivity index (χ3n) is 6.61. The molecule has 0 spiro atoms. The van der Waals surface area contributed by atoms with E-state index >= 15 is 0 Å². The Kier molecular flexibility index (Phi) is 10.3. The Morgan fingerprint density at radius 3 is 2.24 bits per heavy atom. The normalized spacial score (nSPS) is 11.9. The summed E-state index contributed by atoms with van der Waals surface area (Å²) in [5.74, 6) is 0.304. The van der Waals surface area contributed by atoms with Crippen molar-refractivity contribution < 1.29 is 17.9 Å². The monoisotopic (exact) mass is 592 g/mol. The fraction of sp³-hybridized carbons (Fsp3) is 0.323. The van der Waals surface area contributed by atoms with E-state index in [0.717, 1.165) is 52.8 Å². The van der Waals surface area contributed by atoms with Gasteiger partial charge in [0.05, 0.1) is 28.4 Å². The van der Waals surface area contributed by atoms with Gasteiger partial charge < -0.3 is 4.74 Å². The van der Waals surface area contributed by atoms with Crippen LogP contribution in [0.1, 0.15) is 61.0 Å². The first-order valence-corrected chi connectivity index (χ1v) is 16.0. The predicted molar refractivity (Wildman–Crippen MR) is 167 cm³/mol. The van der Waals surface area contributed by atoms with Crippen LogP contribution in [0.3, 0.4) is 0 Å². The van der Waals surface area contributed by atoms with Gasteiger partial charge in [0.25, 0.3) is 5.91 Å². The van der Waals surface area contributed by atoms with Crippen molar-refractivity contribution >= 4 is 48.8 Å². The van der Waals surface area contributed by atoms with Crippen LogP contribution in [0.2, 0.25) is 0 Å². The first-order valence-electron chi connectivity index (χ1n) is 13.8. The van der Waals surface area contributed by atoms with Gasteiger partial charge in [-0.3, -0.25) is 4.79 Å². The third-order valence-corrected chi connectivity index (χ3v) is 9.51. The minimum atomic E-state index is -3.68. The molecule has 0 aliphatic rings. The van der Waals surface area contributed by atoms with E-state index in [-0.39, 0.29) is 4.90 Å². The highest BCUT2D eigenvalue weighted by Crippen LogP contribution is 2.31. The molecule has 1 heterocycles. The largest absolute Gasteiger partial charge is 0.497 e. The molecule has 0 saturated heterocycles. The Morgan fingerprint density at radius 2 is 1.63 bits per heavy atom. The summed E-state index contributed by atoms with van der Waals surface area (Å²) in [7, 11) is -2.08. The van der Waals surface area contributed by atoms with E-state index in [0.29, 0.717) is 23.8 Å². The number of aromatic nitrogens is 1. The zero-order chi connectivity index (χ0) is 29.4. The van der Waals surface area contributed by atoms with Crippen LogP contribution in [0.4, 0.5) is 5.13 Å². The first kappa shape index (κ1) is 30.4. The van der Waals surface area contributed by atoms with Crippen LogP contribution in [0.15, 0.2) is 76.7 Å². The maximum atomic E-state index is 13.8. The molecule has 0 bridgehead atoms. The summed E-state index contributed by atoms with van der Waals surface area (Å²) in [4.78, 5) is 18.6. The second kappa shape index (κ2) is 13.8. The number of hydrazone groups is 1. The molecule has 1 amide bonds. The molecule has 0 N–H and O–H groups in total. The molecule has 0 fully saturated rings. The number of aryl methyl sites for hydroxylation is 1. The van der Waals surface area contributed by atoms with Gasteiger partial charge in [-0.2, -0.15) is 14.4 Å². The number of nitrogens with zero attached hydrogens (tertiary/aromatic N) is 4. The second-order valence-corrected chi connectivity index (χ2v) is 12.7. The fourth-order valence-electron chi connectivity index (χ4n) is 4.18. The number of rotatable bonds is 13. The lowest BCUT2D eigenvalue weighted by Gasteiger charge is -2.22. The van der Waals surface area contributed by atoms with Crippen LogP contribution < -0.4 is 9.75 Å². The number of thiazole rings is 1. The van der Waals surface area contributed by atoms with Gasteiger partial charge in [-0.05, 0) is 91.6 Å². The Hall–Kier alpha value is -3.60. The van der Waals surface area contributed by atoms with E-state index in [1.54, 1.807) is 29.8 Å². The number of ether oxygens (including phenoxy) is 1. The number of fused-ring (bicyclic) bond motifs is 1. The smallest absolute Gasteiger partial charge is 0.280 e. The van der Waals surface area contributed by atoms with Gasteiger partial charge >= 0.3 is 0 Å². The Balaban J connectivity index is 1.66. The van der Waals surface area contributed by atoms with Crippen LogP contribution in [-0.2, 0) is 10.0 Å². The number of amides is 1. The molecule has 0 aliphatic carbocycles. The summed E-state index contributed by atoms with van der Waals surface area (Å²) in [5, 5.41) is 6.21. The zero-order valence-corrected chi connectivity index (χ0v) is 25.5. The van der Waals surface area contributed by atoms with Crippen molar-refractivity contribution in [3.05, 3.63) is 83.4 Å². The fourth-order valence-corrected chi connectivity index (χ4v) is 6.71. The van der Waals surface area contributed by atoms with Crippen LogP contribution in [0.5, 0.6) is 5.75 Å². The molecular formula is C31H36N4O4S2. The lowest BCUT2D eigenvalue weighted by Crippen LogP contribution is -2.33. The molecule has 0 radical (unpaired) electrons. The molecule has 0 atom stereocenters. The van der Waals surface area contributed by atoms with Gasteiger partial charge in [-0.1, -0.05) is 44.1 Å². The quantitative estimate of drug-likeness (QED) is 0.125. The second-order valence-electron chi connectivity index (χ2n) is 9.74. The molecule has 0 unspecified atom stereocenters. The van der Waals surface area contributed by atoms with Crippen LogP contribution in [0.25, 0.3) is 10.2 Å². The summed E-state index contributed by atoms with van der Waals surface area (Å²) >= 11 is 1.37. The SMILES string of the molecule is CCCCN(CCCC)S(=O)(=O)c1ccc(C(=O)N(/N=C/c2ccc(OC)cc2)c2nc3ccc(C)cc3s2)cc1. The van der Waals surface area contributed by atoms with Gasteiger partial charge in [0.1, 0.15) is 5.75 Å². The summed E-state index contributed by atoms with van der Waals surface area (Å²) in [6.07, 6.45) is 4.99. The minimum absolute atomic E-state index is 0.171. The van der Waals surface area contributed by atoms with E-state index in [2.05, 4.69) is 10.1 Å². The van der Waals surface area contributed by atoms with Gasteiger partial charge in [0.15, 0.2) is 0 Å².